The van der Waals surface area contributed by atoms with Crippen molar-refractivity contribution in [3.63, 3.8) is 0 Å². The van der Waals surface area contributed by atoms with Gasteiger partial charge in [-0.1, -0.05) is 18.2 Å². The smallest absolute Gasteiger partial charge is 0.168 e. The molecule has 1 heterocycles. The summed E-state index contributed by atoms with van der Waals surface area (Å²) in [5.74, 6) is 0.108. The number of nitrogens with zero attached hydrogens (tertiary/aromatic N) is 1. The van der Waals surface area contributed by atoms with Gasteiger partial charge in [-0.3, -0.25) is 9.78 Å². The normalized spacial score (nSPS) is 10.2. The molecule has 2 rings (SSSR count). The largest absolute Gasteiger partial charge is 0.294 e. The average molecular weight is 243 g/mol. The number of carbonyl (C=O) groups excluding carboxylic acids is 1. The van der Waals surface area contributed by atoms with Crippen molar-refractivity contribution in [3.05, 3.63) is 59.9 Å². The number of benzene rings is 1. The number of ketones is 1. The van der Waals surface area contributed by atoms with E-state index in [1.807, 2.05) is 48.7 Å². The van der Waals surface area contributed by atoms with Crippen molar-refractivity contribution in [1.82, 2.24) is 4.98 Å². The molecule has 86 valence electrons. The van der Waals surface area contributed by atoms with Crippen molar-refractivity contribution in [2.24, 2.45) is 0 Å². The van der Waals surface area contributed by atoms with Crippen LogP contribution in [-0.4, -0.2) is 17.0 Å². The number of hydrogen-bond donors (Lipinski definition) is 0. The molecule has 0 amide bonds. The first kappa shape index (κ1) is 11.9. The summed E-state index contributed by atoms with van der Waals surface area (Å²) >= 11 is 1.67. The number of thioether (sulfide) groups is 1. The lowest BCUT2D eigenvalue weighted by Crippen LogP contribution is -2.04. The van der Waals surface area contributed by atoms with Crippen molar-refractivity contribution in [1.29, 1.82) is 0 Å². The zero-order chi connectivity index (χ0) is 12.1. The third-order valence-electron chi connectivity index (χ3n) is 2.48. The highest BCUT2D eigenvalue weighted by Crippen LogP contribution is 2.15. The van der Waals surface area contributed by atoms with Gasteiger partial charge in [-0.2, -0.15) is 0 Å². The Morgan fingerprint density at radius 1 is 1.18 bits per heavy atom. The number of aromatic nitrogens is 1. The van der Waals surface area contributed by atoms with Crippen LogP contribution in [0.3, 0.4) is 0 Å². The number of pyridine rings is 1. The summed E-state index contributed by atoms with van der Waals surface area (Å²) in [6.07, 6.45) is 4.09. The van der Waals surface area contributed by atoms with Gasteiger partial charge >= 0.3 is 0 Å². The zero-order valence-corrected chi connectivity index (χ0v) is 10.4. The molecule has 0 spiro atoms. The molecule has 17 heavy (non-hydrogen) atoms. The number of hydrogen-bond acceptors (Lipinski definition) is 3. The summed E-state index contributed by atoms with van der Waals surface area (Å²) in [4.78, 5) is 17.3. The van der Waals surface area contributed by atoms with Crippen LogP contribution in [0.2, 0.25) is 0 Å². The minimum absolute atomic E-state index is 0.108. The van der Waals surface area contributed by atoms with E-state index in [0.717, 1.165) is 11.3 Å². The lowest BCUT2D eigenvalue weighted by Gasteiger charge is -2.02. The molecule has 2 nitrogen and oxygen atoms in total. The quantitative estimate of drug-likeness (QED) is 0.610. The van der Waals surface area contributed by atoms with Crippen molar-refractivity contribution < 1.29 is 4.79 Å². The molecule has 1 aromatic carbocycles. The van der Waals surface area contributed by atoms with Crippen LogP contribution >= 0.6 is 11.8 Å². The van der Waals surface area contributed by atoms with Gasteiger partial charge in [0, 0.05) is 22.3 Å². The molecule has 0 aliphatic heterocycles. The van der Waals surface area contributed by atoms with Crippen LogP contribution in [0, 0.1) is 0 Å². The standard InChI is InChI=1S/C14H13NOS/c1-17-13-7-5-11(6-8-13)14(16)10-12-4-2-3-9-15-12/h2-9H,10H2,1H3. The molecule has 0 atom stereocenters. The molecule has 0 saturated carbocycles. The molecular weight excluding hydrogens is 230 g/mol. The van der Waals surface area contributed by atoms with Gasteiger partial charge in [0.15, 0.2) is 5.78 Å². The highest BCUT2D eigenvalue weighted by Gasteiger charge is 2.07. The van der Waals surface area contributed by atoms with Gasteiger partial charge in [-0.05, 0) is 30.5 Å². The third-order valence-corrected chi connectivity index (χ3v) is 3.22. The molecular formula is C14H13NOS. The molecule has 0 aliphatic rings. The summed E-state index contributed by atoms with van der Waals surface area (Å²) in [6.45, 7) is 0. The first-order chi connectivity index (χ1) is 8.29. The number of rotatable bonds is 4. The summed E-state index contributed by atoms with van der Waals surface area (Å²) in [5.41, 5.74) is 1.56. The first-order valence-electron chi connectivity index (χ1n) is 5.37. The van der Waals surface area contributed by atoms with Crippen LogP contribution < -0.4 is 0 Å². The maximum Gasteiger partial charge on any atom is 0.168 e. The van der Waals surface area contributed by atoms with Gasteiger partial charge in [0.2, 0.25) is 0 Å². The Bertz CT molecular complexity index is 493. The number of Topliss-reactive ketones (excluding diaryl/α,β-unsaturated/α-hetero) is 1. The van der Waals surface area contributed by atoms with E-state index in [1.165, 1.54) is 4.90 Å². The van der Waals surface area contributed by atoms with Crippen molar-refractivity contribution in [2.75, 3.05) is 6.26 Å². The van der Waals surface area contributed by atoms with Crippen LogP contribution in [-0.2, 0) is 6.42 Å². The highest BCUT2D eigenvalue weighted by atomic mass is 32.2. The molecule has 0 N–H and O–H groups in total. The SMILES string of the molecule is CSc1ccc(C(=O)Cc2ccccn2)cc1. The van der Waals surface area contributed by atoms with Crippen molar-refractivity contribution in [3.8, 4) is 0 Å². The van der Waals surface area contributed by atoms with Gasteiger partial charge < -0.3 is 0 Å². The van der Waals surface area contributed by atoms with Crippen molar-refractivity contribution in [2.45, 2.75) is 11.3 Å². The molecule has 0 aliphatic carbocycles. The maximum absolute atomic E-state index is 12.0. The molecule has 0 unspecified atom stereocenters. The molecule has 3 heteroatoms. The van der Waals surface area contributed by atoms with E-state index >= 15 is 0 Å². The third kappa shape index (κ3) is 3.17. The Labute approximate surface area is 105 Å². The lowest BCUT2D eigenvalue weighted by molar-refractivity contribution is 0.0992. The fourth-order valence-electron chi connectivity index (χ4n) is 1.55. The lowest BCUT2D eigenvalue weighted by atomic mass is 10.1. The van der Waals surface area contributed by atoms with Crippen LogP contribution in [0.5, 0.6) is 0 Å². The van der Waals surface area contributed by atoms with Gasteiger partial charge in [0.25, 0.3) is 0 Å². The van der Waals surface area contributed by atoms with E-state index in [0.29, 0.717) is 6.42 Å². The Balaban J connectivity index is 2.09. The van der Waals surface area contributed by atoms with E-state index in [2.05, 4.69) is 4.98 Å². The Kier molecular flexibility index (Phi) is 3.94. The van der Waals surface area contributed by atoms with Gasteiger partial charge in [-0.15, -0.1) is 11.8 Å². The van der Waals surface area contributed by atoms with Gasteiger partial charge in [-0.25, -0.2) is 0 Å². The van der Waals surface area contributed by atoms with Crippen molar-refractivity contribution >= 4 is 17.5 Å². The minimum Gasteiger partial charge on any atom is -0.294 e. The molecule has 0 fully saturated rings. The highest BCUT2D eigenvalue weighted by molar-refractivity contribution is 7.98. The van der Waals surface area contributed by atoms with Gasteiger partial charge in [0.1, 0.15) is 0 Å². The topological polar surface area (TPSA) is 30.0 Å². The number of carbonyl (C=O) groups is 1. The van der Waals surface area contributed by atoms with Crippen LogP contribution in [0.25, 0.3) is 0 Å². The zero-order valence-electron chi connectivity index (χ0n) is 9.59. The van der Waals surface area contributed by atoms with Crippen LogP contribution in [0.1, 0.15) is 16.1 Å². The summed E-state index contributed by atoms with van der Waals surface area (Å²) < 4.78 is 0. The summed E-state index contributed by atoms with van der Waals surface area (Å²) in [5, 5.41) is 0. The monoisotopic (exact) mass is 243 g/mol. The Hall–Kier alpha value is -1.61. The summed E-state index contributed by atoms with van der Waals surface area (Å²) in [7, 11) is 0. The second-order valence-electron chi connectivity index (χ2n) is 3.65. The Morgan fingerprint density at radius 3 is 2.53 bits per heavy atom. The second kappa shape index (κ2) is 5.64. The second-order valence-corrected chi connectivity index (χ2v) is 4.53. The van der Waals surface area contributed by atoms with E-state index in [-0.39, 0.29) is 5.78 Å². The van der Waals surface area contributed by atoms with E-state index in [4.69, 9.17) is 0 Å². The predicted octanol–water partition coefficient (Wildman–Crippen LogP) is 3.23. The molecule has 2 aromatic rings. The first-order valence-corrected chi connectivity index (χ1v) is 6.59. The molecule has 1 aromatic heterocycles. The Morgan fingerprint density at radius 2 is 1.94 bits per heavy atom. The average Bonchev–Trinajstić information content (AvgIpc) is 2.40. The molecule has 0 saturated heterocycles. The van der Waals surface area contributed by atoms with E-state index in [9.17, 15) is 4.79 Å². The fraction of sp³-hybridized carbons (Fsp3) is 0.143. The van der Waals surface area contributed by atoms with Gasteiger partial charge in [0.05, 0.1) is 6.42 Å². The van der Waals surface area contributed by atoms with Crippen LogP contribution in [0.15, 0.2) is 53.6 Å². The predicted molar refractivity (Wildman–Crippen MR) is 70.5 cm³/mol. The maximum atomic E-state index is 12.0. The van der Waals surface area contributed by atoms with Crippen LogP contribution in [0.4, 0.5) is 0 Å². The van der Waals surface area contributed by atoms with E-state index < -0.39 is 0 Å². The molecule has 0 bridgehead atoms. The minimum atomic E-state index is 0.108. The summed E-state index contributed by atoms with van der Waals surface area (Å²) in [6, 6.07) is 13.3. The molecule has 0 radical (unpaired) electrons. The van der Waals surface area contributed by atoms with E-state index in [1.54, 1.807) is 18.0 Å². The fourth-order valence-corrected chi connectivity index (χ4v) is 1.95.